The van der Waals surface area contributed by atoms with Crippen molar-refractivity contribution >= 4 is 0 Å². The zero-order valence-corrected chi connectivity index (χ0v) is 11.2. The minimum absolute atomic E-state index is 0.313. The van der Waals surface area contributed by atoms with E-state index >= 15 is 0 Å². The summed E-state index contributed by atoms with van der Waals surface area (Å²) in [6, 6.07) is 2.13. The highest BCUT2D eigenvalue weighted by Gasteiger charge is 2.35. The maximum Gasteiger partial charge on any atom is 0.0630 e. The van der Waals surface area contributed by atoms with Crippen molar-refractivity contribution in [3.63, 3.8) is 0 Å². The maximum atomic E-state index is 6.08. The smallest absolute Gasteiger partial charge is 0.0630 e. The predicted octanol–water partition coefficient (Wildman–Crippen LogP) is 2.51. The fraction of sp³-hybridized carbons (Fsp3) is 0.786. The maximum absolute atomic E-state index is 6.08. The van der Waals surface area contributed by atoms with Gasteiger partial charge in [0.2, 0.25) is 0 Å². The summed E-state index contributed by atoms with van der Waals surface area (Å²) in [7, 11) is 1.98. The fourth-order valence-corrected chi connectivity index (χ4v) is 3.29. The number of rotatable bonds is 4. The molecule has 3 heteroatoms. The summed E-state index contributed by atoms with van der Waals surface area (Å²) in [5.41, 5.74) is 7.59. The number of nitrogens with zero attached hydrogens (tertiary/aromatic N) is 2. The molecule has 1 heterocycles. The van der Waals surface area contributed by atoms with Gasteiger partial charge in [-0.2, -0.15) is 5.10 Å². The Bertz CT molecular complexity index is 358. The Labute approximate surface area is 104 Å². The van der Waals surface area contributed by atoms with E-state index in [2.05, 4.69) is 18.1 Å². The number of hydrogen-bond acceptors (Lipinski definition) is 2. The van der Waals surface area contributed by atoms with Crippen molar-refractivity contribution in [3.8, 4) is 0 Å². The molecule has 3 nitrogen and oxygen atoms in total. The van der Waals surface area contributed by atoms with Crippen LogP contribution in [0, 0.1) is 11.3 Å². The third-order valence-electron chi connectivity index (χ3n) is 4.38. The molecule has 0 bridgehead atoms. The zero-order valence-electron chi connectivity index (χ0n) is 11.2. The highest BCUT2D eigenvalue weighted by atomic mass is 15.2. The lowest BCUT2D eigenvalue weighted by molar-refractivity contribution is 0.141. The summed E-state index contributed by atoms with van der Waals surface area (Å²) in [4.78, 5) is 0. The molecule has 1 aromatic heterocycles. The quantitative estimate of drug-likeness (QED) is 0.871. The molecule has 17 heavy (non-hydrogen) atoms. The average Bonchev–Trinajstić information content (AvgIpc) is 2.75. The Morgan fingerprint density at radius 1 is 1.59 bits per heavy atom. The highest BCUT2D eigenvalue weighted by Crippen LogP contribution is 2.42. The Balaban J connectivity index is 2.08. The molecule has 2 atom stereocenters. The van der Waals surface area contributed by atoms with Crippen molar-refractivity contribution in [3.05, 3.63) is 18.0 Å². The SMILES string of the molecule is CCC1CCCC(CN)(Cc2ccn(C)n2)C1. The molecular formula is C14H25N3. The number of hydrogen-bond donors (Lipinski definition) is 1. The third-order valence-corrected chi connectivity index (χ3v) is 4.38. The van der Waals surface area contributed by atoms with Gasteiger partial charge in [0.15, 0.2) is 0 Å². The van der Waals surface area contributed by atoms with Crippen LogP contribution in [0.3, 0.4) is 0 Å². The van der Waals surface area contributed by atoms with Crippen LogP contribution in [0.2, 0.25) is 0 Å². The van der Waals surface area contributed by atoms with E-state index in [1.165, 1.54) is 37.8 Å². The number of aryl methyl sites for hydroxylation is 1. The molecule has 1 aliphatic rings. The van der Waals surface area contributed by atoms with E-state index < -0.39 is 0 Å². The molecule has 2 rings (SSSR count). The molecule has 0 amide bonds. The lowest BCUT2D eigenvalue weighted by atomic mass is 9.66. The van der Waals surface area contributed by atoms with E-state index in [1.807, 2.05) is 17.9 Å². The molecule has 0 saturated heterocycles. The summed E-state index contributed by atoms with van der Waals surface area (Å²) < 4.78 is 1.89. The summed E-state index contributed by atoms with van der Waals surface area (Å²) in [5.74, 6) is 0.871. The third kappa shape index (κ3) is 2.89. The van der Waals surface area contributed by atoms with E-state index in [1.54, 1.807) is 0 Å². The van der Waals surface area contributed by atoms with Gasteiger partial charge >= 0.3 is 0 Å². The van der Waals surface area contributed by atoms with Crippen LogP contribution in [0.25, 0.3) is 0 Å². The van der Waals surface area contributed by atoms with Crippen LogP contribution in [0.4, 0.5) is 0 Å². The molecule has 0 radical (unpaired) electrons. The van der Waals surface area contributed by atoms with Gasteiger partial charge in [-0.25, -0.2) is 0 Å². The molecule has 96 valence electrons. The van der Waals surface area contributed by atoms with Crippen LogP contribution in [0.15, 0.2) is 12.3 Å². The van der Waals surface area contributed by atoms with Crippen molar-refractivity contribution < 1.29 is 0 Å². The molecule has 1 aromatic rings. The molecule has 0 aromatic carbocycles. The molecule has 0 spiro atoms. The lowest BCUT2D eigenvalue weighted by Crippen LogP contribution is -2.37. The van der Waals surface area contributed by atoms with Crippen molar-refractivity contribution in [2.24, 2.45) is 24.1 Å². The number of aromatic nitrogens is 2. The molecule has 1 aliphatic carbocycles. The van der Waals surface area contributed by atoms with Gasteiger partial charge in [0, 0.05) is 13.2 Å². The van der Waals surface area contributed by atoms with Gasteiger partial charge in [0.05, 0.1) is 5.69 Å². The Kier molecular flexibility index (Phi) is 3.87. The van der Waals surface area contributed by atoms with E-state index in [4.69, 9.17) is 5.73 Å². The first-order chi connectivity index (χ1) is 8.17. The zero-order chi connectivity index (χ0) is 12.3. The monoisotopic (exact) mass is 235 g/mol. The topological polar surface area (TPSA) is 43.8 Å². The van der Waals surface area contributed by atoms with Crippen LogP contribution in [0.5, 0.6) is 0 Å². The van der Waals surface area contributed by atoms with Gasteiger partial charge in [-0.1, -0.05) is 26.2 Å². The van der Waals surface area contributed by atoms with E-state index in [0.29, 0.717) is 5.41 Å². The predicted molar refractivity (Wildman–Crippen MR) is 70.6 cm³/mol. The lowest BCUT2D eigenvalue weighted by Gasteiger charge is -2.40. The summed E-state index contributed by atoms with van der Waals surface area (Å²) in [6.45, 7) is 3.11. The molecule has 2 N–H and O–H groups in total. The van der Waals surface area contributed by atoms with Gasteiger partial charge in [-0.05, 0) is 43.2 Å². The highest BCUT2D eigenvalue weighted by molar-refractivity contribution is 5.04. The van der Waals surface area contributed by atoms with Gasteiger partial charge in [-0.15, -0.1) is 0 Å². The Morgan fingerprint density at radius 2 is 2.41 bits per heavy atom. The van der Waals surface area contributed by atoms with Crippen molar-refractivity contribution in [2.75, 3.05) is 6.54 Å². The van der Waals surface area contributed by atoms with E-state index in [9.17, 15) is 0 Å². The first kappa shape index (κ1) is 12.6. The Morgan fingerprint density at radius 3 is 3.00 bits per heavy atom. The van der Waals surface area contributed by atoms with Gasteiger partial charge in [0.1, 0.15) is 0 Å². The summed E-state index contributed by atoms with van der Waals surface area (Å²) in [5, 5.41) is 4.51. The first-order valence-corrected chi connectivity index (χ1v) is 6.86. The van der Waals surface area contributed by atoms with Gasteiger partial charge in [0.25, 0.3) is 0 Å². The normalized spacial score (nSPS) is 29.5. The van der Waals surface area contributed by atoms with Crippen LogP contribution in [-0.4, -0.2) is 16.3 Å². The second kappa shape index (κ2) is 5.21. The molecule has 1 saturated carbocycles. The standard InChI is InChI=1S/C14H25N3/c1-3-12-5-4-7-14(9-12,11-15)10-13-6-8-17(2)16-13/h6,8,12H,3-5,7,9-11,15H2,1-2H3. The second-order valence-corrected chi connectivity index (χ2v) is 5.73. The largest absolute Gasteiger partial charge is 0.330 e. The van der Waals surface area contributed by atoms with Crippen LogP contribution >= 0.6 is 0 Å². The van der Waals surface area contributed by atoms with Crippen molar-refractivity contribution in [1.29, 1.82) is 0 Å². The minimum Gasteiger partial charge on any atom is -0.330 e. The minimum atomic E-state index is 0.313. The molecule has 0 aliphatic heterocycles. The van der Waals surface area contributed by atoms with Crippen LogP contribution < -0.4 is 5.73 Å². The van der Waals surface area contributed by atoms with Crippen LogP contribution in [0.1, 0.15) is 44.7 Å². The number of nitrogens with two attached hydrogens (primary N) is 1. The summed E-state index contributed by atoms with van der Waals surface area (Å²) in [6.07, 6.45) is 9.67. The first-order valence-electron chi connectivity index (χ1n) is 6.86. The molecule has 2 unspecified atom stereocenters. The van der Waals surface area contributed by atoms with Crippen molar-refractivity contribution in [1.82, 2.24) is 9.78 Å². The molecule has 1 fully saturated rings. The van der Waals surface area contributed by atoms with E-state index in [-0.39, 0.29) is 0 Å². The fourth-order valence-electron chi connectivity index (χ4n) is 3.29. The van der Waals surface area contributed by atoms with Crippen LogP contribution in [-0.2, 0) is 13.5 Å². The second-order valence-electron chi connectivity index (χ2n) is 5.73. The van der Waals surface area contributed by atoms with Crippen molar-refractivity contribution in [2.45, 2.75) is 45.4 Å². The average molecular weight is 235 g/mol. The van der Waals surface area contributed by atoms with Gasteiger partial charge < -0.3 is 5.73 Å². The molecular weight excluding hydrogens is 210 g/mol. The van der Waals surface area contributed by atoms with E-state index in [0.717, 1.165) is 18.9 Å². The van der Waals surface area contributed by atoms with Gasteiger partial charge in [-0.3, -0.25) is 4.68 Å². The summed E-state index contributed by atoms with van der Waals surface area (Å²) >= 11 is 0. The Hall–Kier alpha value is -0.830.